The topological polar surface area (TPSA) is 9.23 Å². The number of hydrogen-bond donors (Lipinski definition) is 0. The maximum absolute atomic E-state index is 14.7. The maximum atomic E-state index is 14.7. The van der Waals surface area contributed by atoms with Gasteiger partial charge in [-0.2, -0.15) is 4.39 Å². The van der Waals surface area contributed by atoms with Crippen molar-refractivity contribution in [2.24, 2.45) is 0 Å². The minimum atomic E-state index is -0.976. The minimum absolute atomic E-state index is 0.0958. The van der Waals surface area contributed by atoms with Gasteiger partial charge in [-0.15, -0.1) is 0 Å². The van der Waals surface area contributed by atoms with Gasteiger partial charge in [0.15, 0.2) is 11.6 Å². The van der Waals surface area contributed by atoms with Gasteiger partial charge in [0.05, 0.1) is 0 Å². The highest BCUT2D eigenvalue weighted by molar-refractivity contribution is 9.10. The summed E-state index contributed by atoms with van der Waals surface area (Å²) in [7, 11) is 0. The van der Waals surface area contributed by atoms with E-state index in [1.54, 1.807) is 18.2 Å². The van der Waals surface area contributed by atoms with Crippen LogP contribution >= 0.6 is 15.9 Å². The van der Waals surface area contributed by atoms with Crippen LogP contribution in [-0.4, -0.2) is 0 Å². The Morgan fingerprint density at radius 3 is 1.86 bits per heavy atom. The Hall–Kier alpha value is -2.98. The second-order valence-corrected chi connectivity index (χ2v) is 7.51. The molecule has 0 saturated carbocycles. The van der Waals surface area contributed by atoms with Crippen LogP contribution < -0.4 is 4.74 Å². The Labute approximate surface area is 176 Å². The molecule has 0 unspecified atom stereocenters. The highest BCUT2D eigenvalue weighted by atomic mass is 79.9. The van der Waals surface area contributed by atoms with Crippen LogP contribution in [0.3, 0.4) is 0 Å². The van der Waals surface area contributed by atoms with E-state index >= 15 is 0 Å². The van der Waals surface area contributed by atoms with Crippen molar-refractivity contribution < 1.29 is 13.5 Å². The maximum Gasteiger partial charge on any atom is 0.201 e. The zero-order chi connectivity index (χ0) is 20.2. The van der Waals surface area contributed by atoms with Gasteiger partial charge < -0.3 is 4.74 Å². The van der Waals surface area contributed by atoms with Crippen LogP contribution in [0.5, 0.6) is 5.75 Å². The summed E-state index contributed by atoms with van der Waals surface area (Å²) in [5, 5.41) is 0. The third-order valence-electron chi connectivity index (χ3n) is 4.66. The van der Waals surface area contributed by atoms with Crippen molar-refractivity contribution in [2.75, 3.05) is 0 Å². The lowest BCUT2D eigenvalue weighted by Gasteiger charge is -2.11. The van der Waals surface area contributed by atoms with E-state index in [2.05, 4.69) is 15.9 Å². The molecule has 0 spiro atoms. The summed E-state index contributed by atoms with van der Waals surface area (Å²) in [6.07, 6.45) is 0. The molecule has 0 aliphatic carbocycles. The van der Waals surface area contributed by atoms with Crippen molar-refractivity contribution in [2.45, 2.75) is 6.61 Å². The average Bonchev–Trinajstić information content (AvgIpc) is 2.76. The second-order valence-electron chi connectivity index (χ2n) is 6.60. The van der Waals surface area contributed by atoms with Crippen LogP contribution in [0.15, 0.2) is 95.5 Å². The molecular formula is C25H17BrF2O. The van der Waals surface area contributed by atoms with Crippen molar-refractivity contribution in [3.05, 3.63) is 113 Å². The lowest BCUT2D eigenvalue weighted by atomic mass is 10.00. The van der Waals surface area contributed by atoms with Gasteiger partial charge in [-0.25, -0.2) is 4.39 Å². The first-order valence-corrected chi connectivity index (χ1v) is 9.92. The number of benzene rings is 4. The molecule has 0 N–H and O–H groups in total. The van der Waals surface area contributed by atoms with E-state index in [9.17, 15) is 8.78 Å². The molecule has 0 amide bonds. The van der Waals surface area contributed by atoms with E-state index in [1.807, 2.05) is 66.7 Å². The van der Waals surface area contributed by atoms with Crippen molar-refractivity contribution in [1.29, 1.82) is 0 Å². The fourth-order valence-corrected chi connectivity index (χ4v) is 3.35. The Morgan fingerprint density at radius 1 is 0.621 bits per heavy atom. The molecule has 4 aromatic carbocycles. The Kier molecular flexibility index (Phi) is 5.72. The monoisotopic (exact) mass is 450 g/mol. The molecular weight excluding hydrogens is 434 g/mol. The SMILES string of the molecule is Fc1c(OCc2ccccc2)ccc(-c2ccc(-c3ccc(Br)cc3)cc2)c1F. The van der Waals surface area contributed by atoms with Gasteiger partial charge in [0.2, 0.25) is 5.82 Å². The molecule has 0 aliphatic heterocycles. The number of hydrogen-bond acceptors (Lipinski definition) is 1. The summed E-state index contributed by atoms with van der Waals surface area (Å²) < 4.78 is 35.7. The quantitative estimate of drug-likeness (QED) is 0.303. The normalized spacial score (nSPS) is 10.7. The summed E-state index contributed by atoms with van der Waals surface area (Å²) >= 11 is 3.42. The minimum Gasteiger partial charge on any atom is -0.486 e. The van der Waals surface area contributed by atoms with E-state index < -0.39 is 11.6 Å². The van der Waals surface area contributed by atoms with Gasteiger partial charge in [0.1, 0.15) is 6.61 Å². The van der Waals surface area contributed by atoms with E-state index in [-0.39, 0.29) is 17.9 Å². The lowest BCUT2D eigenvalue weighted by molar-refractivity contribution is 0.285. The number of halogens is 3. The molecule has 0 fully saturated rings. The Balaban J connectivity index is 1.55. The molecule has 1 nitrogen and oxygen atoms in total. The fraction of sp³-hybridized carbons (Fsp3) is 0.0400. The first kappa shape index (κ1) is 19.3. The molecule has 4 heteroatoms. The van der Waals surface area contributed by atoms with E-state index in [0.717, 1.165) is 21.2 Å². The van der Waals surface area contributed by atoms with Gasteiger partial charge in [-0.1, -0.05) is 82.7 Å². The molecule has 0 heterocycles. The van der Waals surface area contributed by atoms with Crippen molar-refractivity contribution in [3.8, 4) is 28.0 Å². The Morgan fingerprint density at radius 2 is 1.21 bits per heavy atom. The summed E-state index contributed by atoms with van der Waals surface area (Å²) in [4.78, 5) is 0. The number of ether oxygens (including phenoxy) is 1. The zero-order valence-corrected chi connectivity index (χ0v) is 17.0. The molecule has 0 atom stereocenters. The predicted molar refractivity (Wildman–Crippen MR) is 116 cm³/mol. The largest absolute Gasteiger partial charge is 0.486 e. The molecule has 0 saturated heterocycles. The standard InChI is InChI=1S/C25H17BrF2O/c26-21-12-10-19(11-13-21)18-6-8-20(9-7-18)22-14-15-23(25(28)24(22)27)29-16-17-4-2-1-3-5-17/h1-15H,16H2. The third-order valence-corrected chi connectivity index (χ3v) is 5.19. The van der Waals surface area contributed by atoms with Crippen LogP contribution in [0.4, 0.5) is 8.78 Å². The summed E-state index contributed by atoms with van der Waals surface area (Å²) in [5.41, 5.74) is 3.76. The highest BCUT2D eigenvalue weighted by Crippen LogP contribution is 2.32. The molecule has 4 rings (SSSR count). The average molecular weight is 451 g/mol. The van der Waals surface area contributed by atoms with Crippen molar-refractivity contribution >= 4 is 15.9 Å². The molecule has 144 valence electrons. The smallest absolute Gasteiger partial charge is 0.201 e. The van der Waals surface area contributed by atoms with Gasteiger partial charge in [-0.05, 0) is 46.5 Å². The van der Waals surface area contributed by atoms with Crippen LogP contribution in [0.2, 0.25) is 0 Å². The predicted octanol–water partition coefficient (Wildman–Crippen LogP) is 7.64. The first-order chi connectivity index (χ1) is 14.1. The van der Waals surface area contributed by atoms with Crippen LogP contribution in [-0.2, 0) is 6.61 Å². The molecule has 0 bridgehead atoms. The van der Waals surface area contributed by atoms with Gasteiger partial charge >= 0.3 is 0 Å². The van der Waals surface area contributed by atoms with Gasteiger partial charge in [0, 0.05) is 10.0 Å². The molecule has 0 aromatic heterocycles. The highest BCUT2D eigenvalue weighted by Gasteiger charge is 2.16. The Bertz CT molecular complexity index is 1110. The van der Waals surface area contributed by atoms with Gasteiger partial charge in [-0.3, -0.25) is 0 Å². The second kappa shape index (κ2) is 8.58. The number of rotatable bonds is 5. The lowest BCUT2D eigenvalue weighted by Crippen LogP contribution is -2.00. The van der Waals surface area contributed by atoms with Crippen molar-refractivity contribution in [1.82, 2.24) is 0 Å². The third kappa shape index (κ3) is 4.38. The zero-order valence-electron chi connectivity index (χ0n) is 15.4. The first-order valence-electron chi connectivity index (χ1n) is 9.13. The molecule has 0 aliphatic rings. The summed E-state index contributed by atoms with van der Waals surface area (Å²) in [5.74, 6) is -1.98. The van der Waals surface area contributed by atoms with Crippen LogP contribution in [0.1, 0.15) is 5.56 Å². The molecule has 4 aromatic rings. The molecule has 29 heavy (non-hydrogen) atoms. The van der Waals surface area contributed by atoms with Crippen LogP contribution in [0, 0.1) is 11.6 Å². The van der Waals surface area contributed by atoms with Crippen LogP contribution in [0.25, 0.3) is 22.3 Å². The van der Waals surface area contributed by atoms with E-state index in [4.69, 9.17) is 4.74 Å². The molecule has 0 radical (unpaired) electrons. The summed E-state index contributed by atoms with van der Waals surface area (Å²) in [6, 6.07) is 27.7. The fourth-order valence-electron chi connectivity index (χ4n) is 3.09. The van der Waals surface area contributed by atoms with Gasteiger partial charge in [0.25, 0.3) is 0 Å². The summed E-state index contributed by atoms with van der Waals surface area (Å²) in [6.45, 7) is 0.179. The van der Waals surface area contributed by atoms with Crippen molar-refractivity contribution in [3.63, 3.8) is 0 Å². The van der Waals surface area contributed by atoms with E-state index in [1.165, 1.54) is 6.07 Å². The van der Waals surface area contributed by atoms with E-state index in [0.29, 0.717) is 5.56 Å².